The first-order valence-corrected chi connectivity index (χ1v) is 6.44. The topological polar surface area (TPSA) is 17.1 Å². The molecule has 0 aliphatic rings. The number of carbonyl (C=O) groups excluding carboxylic acids is 1. The fourth-order valence-corrected chi connectivity index (χ4v) is 1.72. The van der Waals surface area contributed by atoms with Crippen molar-refractivity contribution < 1.29 is 4.79 Å². The second-order valence-corrected chi connectivity index (χ2v) is 4.35. The molecule has 0 unspecified atom stereocenters. The summed E-state index contributed by atoms with van der Waals surface area (Å²) in [4.78, 5) is 10.3. The zero-order valence-corrected chi connectivity index (χ0v) is 10.3. The summed E-state index contributed by atoms with van der Waals surface area (Å²) in [6, 6.07) is 0. The molecule has 0 rings (SSSR count). The number of allylic oxidation sites excluding steroid dienone is 1. The molecule has 15 heavy (non-hydrogen) atoms. The van der Waals surface area contributed by atoms with Gasteiger partial charge in [-0.25, -0.2) is 0 Å². The molecule has 0 heterocycles. The second-order valence-electron chi connectivity index (χ2n) is 4.35. The van der Waals surface area contributed by atoms with Gasteiger partial charge in [-0.3, -0.25) is 4.79 Å². The fraction of sp³-hybridized carbons (Fsp3) is 0.786. The summed E-state index contributed by atoms with van der Waals surface area (Å²) in [5.74, 6) is 0. The summed E-state index contributed by atoms with van der Waals surface area (Å²) in [5, 5.41) is 0. The summed E-state index contributed by atoms with van der Waals surface area (Å²) < 4.78 is 0. The fourth-order valence-electron chi connectivity index (χ4n) is 1.72. The molecule has 0 saturated carbocycles. The van der Waals surface area contributed by atoms with Crippen LogP contribution in [0.1, 0.15) is 71.1 Å². The predicted octanol–water partition coefficient (Wildman–Crippen LogP) is 4.66. The monoisotopic (exact) mass is 210 g/mol. The molecule has 0 aromatic rings. The Morgan fingerprint density at radius 2 is 1.40 bits per heavy atom. The molecule has 0 atom stereocenters. The molecular weight excluding hydrogens is 184 g/mol. The van der Waals surface area contributed by atoms with Gasteiger partial charge >= 0.3 is 0 Å². The van der Waals surface area contributed by atoms with Crippen molar-refractivity contribution in [2.24, 2.45) is 0 Å². The Hall–Kier alpha value is -0.590. The van der Waals surface area contributed by atoms with Gasteiger partial charge in [-0.15, -0.1) is 0 Å². The minimum Gasteiger partial charge on any atom is -0.298 e. The van der Waals surface area contributed by atoms with Crippen LogP contribution in [0.3, 0.4) is 0 Å². The molecule has 0 aromatic heterocycles. The summed E-state index contributed by atoms with van der Waals surface area (Å²) in [6.45, 7) is 5.92. The Labute approximate surface area is 95.0 Å². The molecule has 0 saturated heterocycles. The number of aldehydes is 1. The van der Waals surface area contributed by atoms with Crippen molar-refractivity contribution >= 4 is 6.29 Å². The molecule has 0 fully saturated rings. The predicted molar refractivity (Wildman–Crippen MR) is 67.0 cm³/mol. The first-order chi connectivity index (χ1) is 7.31. The number of unbranched alkanes of at least 4 members (excludes halogenated alkanes) is 8. The van der Waals surface area contributed by atoms with E-state index in [-0.39, 0.29) is 0 Å². The van der Waals surface area contributed by atoms with Gasteiger partial charge in [0.25, 0.3) is 0 Å². The van der Waals surface area contributed by atoms with Crippen LogP contribution in [0, 0.1) is 0 Å². The van der Waals surface area contributed by atoms with Crippen LogP contribution >= 0.6 is 0 Å². The molecule has 0 aliphatic heterocycles. The van der Waals surface area contributed by atoms with Gasteiger partial charge in [-0.05, 0) is 18.4 Å². The van der Waals surface area contributed by atoms with Crippen molar-refractivity contribution in [1.29, 1.82) is 0 Å². The van der Waals surface area contributed by atoms with Crippen LogP contribution in [-0.2, 0) is 4.79 Å². The van der Waals surface area contributed by atoms with Gasteiger partial charge in [-0.2, -0.15) is 0 Å². The van der Waals surface area contributed by atoms with E-state index < -0.39 is 0 Å². The Kier molecular flexibility index (Phi) is 11.0. The van der Waals surface area contributed by atoms with E-state index in [1.165, 1.54) is 51.4 Å². The van der Waals surface area contributed by atoms with E-state index in [1.807, 2.05) is 0 Å². The standard InChI is InChI=1S/C14H26O/c1-3-4-5-6-7-8-9-10-11-12-14(2)13-15/h13H,2-12H2,1H3. The molecule has 1 heteroatoms. The Balaban J connectivity index is 2.98. The lowest BCUT2D eigenvalue weighted by Gasteiger charge is -2.01. The highest BCUT2D eigenvalue weighted by atomic mass is 16.1. The third kappa shape index (κ3) is 11.3. The normalized spacial score (nSPS) is 10.2. The van der Waals surface area contributed by atoms with Gasteiger partial charge in [0.2, 0.25) is 0 Å². The lowest BCUT2D eigenvalue weighted by molar-refractivity contribution is -0.105. The summed E-state index contributed by atoms with van der Waals surface area (Å²) in [6.07, 6.45) is 13.7. The van der Waals surface area contributed by atoms with Crippen LogP contribution in [0.4, 0.5) is 0 Å². The molecular formula is C14H26O. The van der Waals surface area contributed by atoms with E-state index in [2.05, 4.69) is 13.5 Å². The molecule has 0 aromatic carbocycles. The quantitative estimate of drug-likeness (QED) is 0.275. The number of hydrogen-bond acceptors (Lipinski definition) is 1. The van der Waals surface area contributed by atoms with Crippen LogP contribution in [0.15, 0.2) is 12.2 Å². The van der Waals surface area contributed by atoms with Crippen molar-refractivity contribution in [2.75, 3.05) is 0 Å². The molecule has 0 bridgehead atoms. The van der Waals surface area contributed by atoms with Crippen LogP contribution in [0.5, 0.6) is 0 Å². The Morgan fingerprint density at radius 3 is 1.87 bits per heavy atom. The Bertz CT molecular complexity index is 161. The smallest absolute Gasteiger partial charge is 0.145 e. The van der Waals surface area contributed by atoms with Crippen LogP contribution in [-0.4, -0.2) is 6.29 Å². The third-order valence-corrected chi connectivity index (χ3v) is 2.77. The van der Waals surface area contributed by atoms with Gasteiger partial charge in [0.15, 0.2) is 0 Å². The molecule has 1 nitrogen and oxygen atoms in total. The zero-order valence-electron chi connectivity index (χ0n) is 10.3. The van der Waals surface area contributed by atoms with Crippen molar-refractivity contribution in [2.45, 2.75) is 71.1 Å². The van der Waals surface area contributed by atoms with Gasteiger partial charge in [0.05, 0.1) is 0 Å². The van der Waals surface area contributed by atoms with Crippen molar-refractivity contribution in [1.82, 2.24) is 0 Å². The molecule has 0 aliphatic carbocycles. The van der Waals surface area contributed by atoms with Crippen molar-refractivity contribution in [3.63, 3.8) is 0 Å². The third-order valence-electron chi connectivity index (χ3n) is 2.77. The number of rotatable bonds is 11. The maximum atomic E-state index is 10.3. The van der Waals surface area contributed by atoms with Crippen LogP contribution < -0.4 is 0 Å². The largest absolute Gasteiger partial charge is 0.298 e. The molecule has 0 radical (unpaired) electrons. The van der Waals surface area contributed by atoms with Crippen molar-refractivity contribution in [3.05, 3.63) is 12.2 Å². The van der Waals surface area contributed by atoms with E-state index in [4.69, 9.17) is 0 Å². The summed E-state index contributed by atoms with van der Waals surface area (Å²) in [5.41, 5.74) is 0.748. The average Bonchev–Trinajstić information content (AvgIpc) is 2.26. The maximum Gasteiger partial charge on any atom is 0.145 e. The van der Waals surface area contributed by atoms with E-state index in [0.717, 1.165) is 24.7 Å². The van der Waals surface area contributed by atoms with E-state index in [9.17, 15) is 4.79 Å². The van der Waals surface area contributed by atoms with Crippen LogP contribution in [0.2, 0.25) is 0 Å². The van der Waals surface area contributed by atoms with Gasteiger partial charge < -0.3 is 0 Å². The SMILES string of the molecule is C=C(C=O)CCCCCCCCCCC. The highest BCUT2D eigenvalue weighted by molar-refractivity contribution is 5.71. The number of carbonyl (C=O) groups is 1. The minimum atomic E-state index is 0.748. The van der Waals surface area contributed by atoms with Gasteiger partial charge in [-0.1, -0.05) is 64.9 Å². The van der Waals surface area contributed by atoms with E-state index in [1.54, 1.807) is 0 Å². The maximum absolute atomic E-state index is 10.3. The Morgan fingerprint density at radius 1 is 0.933 bits per heavy atom. The number of hydrogen-bond donors (Lipinski definition) is 0. The van der Waals surface area contributed by atoms with E-state index >= 15 is 0 Å². The average molecular weight is 210 g/mol. The summed E-state index contributed by atoms with van der Waals surface area (Å²) in [7, 11) is 0. The van der Waals surface area contributed by atoms with Gasteiger partial charge in [0, 0.05) is 0 Å². The molecule has 0 spiro atoms. The summed E-state index contributed by atoms with van der Waals surface area (Å²) >= 11 is 0. The van der Waals surface area contributed by atoms with Gasteiger partial charge in [0.1, 0.15) is 6.29 Å². The lowest BCUT2D eigenvalue weighted by Crippen LogP contribution is -1.84. The van der Waals surface area contributed by atoms with Crippen molar-refractivity contribution in [3.8, 4) is 0 Å². The highest BCUT2D eigenvalue weighted by Crippen LogP contribution is 2.11. The zero-order chi connectivity index (χ0) is 11.4. The highest BCUT2D eigenvalue weighted by Gasteiger charge is 1.93. The molecule has 88 valence electrons. The first kappa shape index (κ1) is 14.4. The lowest BCUT2D eigenvalue weighted by atomic mass is 10.1. The van der Waals surface area contributed by atoms with E-state index in [0.29, 0.717) is 0 Å². The van der Waals surface area contributed by atoms with Crippen LogP contribution in [0.25, 0.3) is 0 Å². The molecule has 0 amide bonds. The first-order valence-electron chi connectivity index (χ1n) is 6.44. The second kappa shape index (κ2) is 11.5. The molecule has 0 N–H and O–H groups in total. The minimum absolute atomic E-state index is 0.748.